The molecule has 1 aliphatic rings. The zero-order valence-electron chi connectivity index (χ0n) is 11.3. The summed E-state index contributed by atoms with van der Waals surface area (Å²) in [6.45, 7) is 2.34. The summed E-state index contributed by atoms with van der Waals surface area (Å²) in [6, 6.07) is 4.77. The number of nitro benzene ring substituents is 1. The molecule has 0 spiro atoms. The number of carbonyl (C=O) groups excluding carboxylic acids is 1. The maximum Gasteiger partial charge on any atom is 0.274 e. The zero-order chi connectivity index (χ0) is 14.7. The Labute approximate surface area is 116 Å². The molecule has 1 aromatic carbocycles. The van der Waals surface area contributed by atoms with Crippen LogP contribution in [0.3, 0.4) is 0 Å². The molecule has 108 valence electrons. The molecular weight excluding hydrogens is 260 g/mol. The molecule has 1 fully saturated rings. The fraction of sp³-hybridized carbons (Fsp3) is 0.462. The fourth-order valence-electron chi connectivity index (χ4n) is 2.43. The van der Waals surface area contributed by atoms with Crippen LogP contribution in [-0.2, 0) is 6.54 Å². The number of hydrogen-bond donors (Lipinski definition) is 2. The molecule has 1 atom stereocenters. The molecule has 0 aromatic heterocycles. The molecular formula is C13H18N4O3. The number of amides is 1. The highest BCUT2D eigenvalue weighted by molar-refractivity contribution is 5.93. The van der Waals surface area contributed by atoms with E-state index in [-0.39, 0.29) is 11.3 Å². The molecule has 1 aliphatic heterocycles. The Bertz CT molecular complexity index is 526. The van der Waals surface area contributed by atoms with E-state index < -0.39 is 10.8 Å². The topological polar surface area (TPSA) is 102 Å². The molecule has 3 N–H and O–H groups in total. The molecule has 0 aliphatic carbocycles. The van der Waals surface area contributed by atoms with Gasteiger partial charge < -0.3 is 11.1 Å². The number of nitrogens with zero attached hydrogens (tertiary/aromatic N) is 2. The van der Waals surface area contributed by atoms with Gasteiger partial charge in [-0.2, -0.15) is 0 Å². The molecule has 1 amide bonds. The van der Waals surface area contributed by atoms with Gasteiger partial charge in [0, 0.05) is 36.3 Å². The highest BCUT2D eigenvalue weighted by Gasteiger charge is 2.23. The van der Waals surface area contributed by atoms with E-state index in [0.29, 0.717) is 18.2 Å². The van der Waals surface area contributed by atoms with E-state index in [0.717, 1.165) is 19.5 Å². The Hall–Kier alpha value is -1.99. The third kappa shape index (κ3) is 3.12. The summed E-state index contributed by atoms with van der Waals surface area (Å²) in [5, 5.41) is 14.4. The van der Waals surface area contributed by atoms with Crippen LogP contribution in [0, 0.1) is 10.1 Å². The summed E-state index contributed by atoms with van der Waals surface area (Å²) >= 11 is 0. The van der Waals surface area contributed by atoms with E-state index in [9.17, 15) is 14.9 Å². The lowest BCUT2D eigenvalue weighted by molar-refractivity contribution is -0.385. The van der Waals surface area contributed by atoms with Crippen molar-refractivity contribution in [3.05, 3.63) is 39.4 Å². The van der Waals surface area contributed by atoms with E-state index in [1.807, 2.05) is 7.05 Å². The van der Waals surface area contributed by atoms with Gasteiger partial charge in [0.05, 0.1) is 4.92 Å². The van der Waals surface area contributed by atoms with Crippen LogP contribution in [-0.4, -0.2) is 41.9 Å². The van der Waals surface area contributed by atoms with Crippen LogP contribution in [0.5, 0.6) is 0 Å². The third-order valence-corrected chi connectivity index (χ3v) is 3.64. The van der Waals surface area contributed by atoms with Crippen molar-refractivity contribution in [2.24, 2.45) is 5.73 Å². The Kier molecular flexibility index (Phi) is 4.31. The van der Waals surface area contributed by atoms with Gasteiger partial charge in [0.15, 0.2) is 0 Å². The Morgan fingerprint density at radius 1 is 1.60 bits per heavy atom. The lowest BCUT2D eigenvalue weighted by atomic mass is 10.1. The smallest absolute Gasteiger partial charge is 0.274 e. The van der Waals surface area contributed by atoms with Gasteiger partial charge in [0.25, 0.3) is 5.69 Å². The first-order chi connectivity index (χ1) is 9.49. The highest BCUT2D eigenvalue weighted by atomic mass is 16.6. The van der Waals surface area contributed by atoms with Crippen molar-refractivity contribution in [2.45, 2.75) is 19.0 Å². The number of nitrogens with one attached hydrogen (secondary N) is 1. The summed E-state index contributed by atoms with van der Waals surface area (Å²) in [6.07, 6.45) is 1.03. The third-order valence-electron chi connectivity index (χ3n) is 3.64. The highest BCUT2D eigenvalue weighted by Crippen LogP contribution is 2.23. The molecule has 0 saturated carbocycles. The second-order valence-corrected chi connectivity index (χ2v) is 5.03. The number of carbonyl (C=O) groups is 1. The lowest BCUT2D eigenvalue weighted by Crippen LogP contribution is -2.33. The van der Waals surface area contributed by atoms with E-state index in [1.54, 1.807) is 6.07 Å². The molecule has 20 heavy (non-hydrogen) atoms. The number of hydrogen-bond acceptors (Lipinski definition) is 5. The van der Waals surface area contributed by atoms with Crippen LogP contribution >= 0.6 is 0 Å². The SMILES string of the molecule is CN(Cc1ccc(C(N)=O)cc1[N+](=O)[O-])C1CCNC1. The van der Waals surface area contributed by atoms with Gasteiger partial charge in [0.2, 0.25) is 5.91 Å². The number of nitro groups is 1. The number of primary amides is 1. The van der Waals surface area contributed by atoms with Gasteiger partial charge in [-0.05, 0) is 26.1 Å². The molecule has 7 heteroatoms. The number of likely N-dealkylation sites (N-methyl/N-ethyl adjacent to an activating group) is 1. The van der Waals surface area contributed by atoms with Gasteiger partial charge in [-0.25, -0.2) is 0 Å². The van der Waals surface area contributed by atoms with Crippen molar-refractivity contribution in [2.75, 3.05) is 20.1 Å². The average Bonchev–Trinajstić information content (AvgIpc) is 2.92. The lowest BCUT2D eigenvalue weighted by Gasteiger charge is -2.23. The zero-order valence-corrected chi connectivity index (χ0v) is 11.3. The van der Waals surface area contributed by atoms with Gasteiger partial charge in [-0.3, -0.25) is 19.8 Å². The first kappa shape index (κ1) is 14.4. The average molecular weight is 278 g/mol. The van der Waals surface area contributed by atoms with Crippen LogP contribution in [0.4, 0.5) is 5.69 Å². The van der Waals surface area contributed by atoms with Crippen molar-refractivity contribution in [3.8, 4) is 0 Å². The van der Waals surface area contributed by atoms with E-state index in [2.05, 4.69) is 10.2 Å². The minimum atomic E-state index is -0.659. The van der Waals surface area contributed by atoms with Crippen molar-refractivity contribution >= 4 is 11.6 Å². The second-order valence-electron chi connectivity index (χ2n) is 5.03. The molecule has 1 aromatic rings. The Morgan fingerprint density at radius 2 is 2.35 bits per heavy atom. The number of benzene rings is 1. The maximum absolute atomic E-state index is 11.1. The van der Waals surface area contributed by atoms with E-state index in [4.69, 9.17) is 5.73 Å². The summed E-state index contributed by atoms with van der Waals surface area (Å²) in [5.74, 6) is -0.659. The summed E-state index contributed by atoms with van der Waals surface area (Å²) < 4.78 is 0. The van der Waals surface area contributed by atoms with Crippen LogP contribution in [0.1, 0.15) is 22.3 Å². The Balaban J connectivity index is 2.21. The summed E-state index contributed by atoms with van der Waals surface area (Å²) in [7, 11) is 1.95. The minimum Gasteiger partial charge on any atom is -0.366 e. The number of rotatable bonds is 5. The van der Waals surface area contributed by atoms with Crippen LogP contribution in [0.25, 0.3) is 0 Å². The first-order valence-corrected chi connectivity index (χ1v) is 6.47. The fourth-order valence-corrected chi connectivity index (χ4v) is 2.43. The van der Waals surface area contributed by atoms with Crippen molar-refractivity contribution < 1.29 is 9.72 Å². The van der Waals surface area contributed by atoms with Crippen LogP contribution < -0.4 is 11.1 Å². The van der Waals surface area contributed by atoms with Gasteiger partial charge in [0.1, 0.15) is 0 Å². The van der Waals surface area contributed by atoms with Gasteiger partial charge in [-0.15, -0.1) is 0 Å². The normalized spacial score (nSPS) is 18.4. The maximum atomic E-state index is 11.1. The van der Waals surface area contributed by atoms with Gasteiger partial charge in [-0.1, -0.05) is 6.07 Å². The standard InChI is InChI=1S/C13H18N4O3/c1-16(11-4-5-15-7-11)8-10-3-2-9(13(14)18)6-12(10)17(19)20/h2-3,6,11,15H,4-5,7-8H2,1H3,(H2,14,18). The molecule has 0 radical (unpaired) electrons. The van der Waals surface area contributed by atoms with E-state index in [1.165, 1.54) is 12.1 Å². The molecule has 1 saturated heterocycles. The number of nitrogens with two attached hydrogens (primary N) is 1. The van der Waals surface area contributed by atoms with Crippen molar-refractivity contribution in [1.29, 1.82) is 0 Å². The Morgan fingerprint density at radius 3 is 2.90 bits per heavy atom. The molecule has 7 nitrogen and oxygen atoms in total. The quantitative estimate of drug-likeness (QED) is 0.603. The first-order valence-electron chi connectivity index (χ1n) is 6.47. The van der Waals surface area contributed by atoms with Crippen molar-refractivity contribution in [3.63, 3.8) is 0 Å². The predicted octanol–water partition coefficient (Wildman–Crippen LogP) is 0.487. The van der Waals surface area contributed by atoms with Crippen LogP contribution in [0.2, 0.25) is 0 Å². The summed E-state index contributed by atoms with van der Waals surface area (Å²) in [5.41, 5.74) is 5.85. The largest absolute Gasteiger partial charge is 0.366 e. The minimum absolute atomic E-state index is 0.0564. The monoisotopic (exact) mass is 278 g/mol. The molecule has 0 bridgehead atoms. The van der Waals surface area contributed by atoms with Crippen LogP contribution in [0.15, 0.2) is 18.2 Å². The van der Waals surface area contributed by atoms with Gasteiger partial charge >= 0.3 is 0 Å². The molecule has 1 unspecified atom stereocenters. The predicted molar refractivity (Wildman–Crippen MR) is 74.4 cm³/mol. The summed E-state index contributed by atoms with van der Waals surface area (Å²) in [4.78, 5) is 23.8. The molecule has 1 heterocycles. The van der Waals surface area contributed by atoms with Crippen molar-refractivity contribution in [1.82, 2.24) is 10.2 Å². The van der Waals surface area contributed by atoms with E-state index >= 15 is 0 Å². The molecule has 2 rings (SSSR count). The second kappa shape index (κ2) is 5.98.